The number of halogens is 1. The lowest BCUT2D eigenvalue weighted by atomic mass is 9.95. The summed E-state index contributed by atoms with van der Waals surface area (Å²) < 4.78 is 14.5. The van der Waals surface area contributed by atoms with Crippen molar-refractivity contribution in [3.05, 3.63) is 118 Å². The van der Waals surface area contributed by atoms with Gasteiger partial charge in [0.05, 0.1) is 0 Å². The Morgan fingerprint density at radius 3 is 2.08 bits per heavy atom. The van der Waals surface area contributed by atoms with Gasteiger partial charge in [-0.2, -0.15) is 0 Å². The quantitative estimate of drug-likeness (QED) is 0.179. The average Bonchev–Trinajstić information content (AvgIpc) is 2.83. The number of hydrogen-bond donors (Lipinski definition) is 1. The standard InChI is InChI=1S/C34H50FN/c1-11-15-32(23-33(30(10)35)19-17-27(7)20-26(6)13-3)22-28(8)21-31(14-4)24-34(36)29(9)18-16-25(5)12-2/h11-13,15-17,19,22,24,30H,1-2,14,18,20-21,23,36H2,3-10H3/b25-16-,26-13-,27-17-,28-22+,31-24+,32-15+,33-19-,34-29+. The number of rotatable bonds is 15. The van der Waals surface area contributed by atoms with E-state index in [1.165, 1.54) is 22.3 Å². The van der Waals surface area contributed by atoms with Crippen molar-refractivity contribution in [1.29, 1.82) is 0 Å². The molecule has 2 N–H and O–H groups in total. The molecule has 0 saturated carbocycles. The summed E-state index contributed by atoms with van der Waals surface area (Å²) in [5.41, 5.74) is 16.3. The molecule has 0 aliphatic heterocycles. The molecule has 0 saturated heterocycles. The Kier molecular flexibility index (Phi) is 16.9. The van der Waals surface area contributed by atoms with E-state index in [4.69, 9.17) is 5.73 Å². The van der Waals surface area contributed by atoms with Crippen LogP contribution in [-0.4, -0.2) is 6.17 Å². The van der Waals surface area contributed by atoms with Crippen LogP contribution in [0.25, 0.3) is 0 Å². The number of allylic oxidation sites excluding steroid dienone is 17. The summed E-state index contributed by atoms with van der Waals surface area (Å²) in [7, 11) is 0. The molecule has 0 bridgehead atoms. The van der Waals surface area contributed by atoms with Gasteiger partial charge in [0.2, 0.25) is 0 Å². The fraction of sp³-hybridized carbons (Fsp3) is 0.412. The number of alkyl halides is 1. The van der Waals surface area contributed by atoms with Crippen LogP contribution in [-0.2, 0) is 0 Å². The summed E-state index contributed by atoms with van der Waals surface area (Å²) in [6.45, 7) is 23.9. The summed E-state index contributed by atoms with van der Waals surface area (Å²) in [5, 5.41) is 0. The highest BCUT2D eigenvalue weighted by molar-refractivity contribution is 5.36. The van der Waals surface area contributed by atoms with Crippen LogP contribution >= 0.6 is 0 Å². The Morgan fingerprint density at radius 2 is 1.56 bits per heavy atom. The molecule has 0 aromatic carbocycles. The molecule has 0 rings (SSSR count). The van der Waals surface area contributed by atoms with E-state index in [1.807, 2.05) is 38.2 Å². The van der Waals surface area contributed by atoms with E-state index in [1.54, 1.807) is 13.0 Å². The lowest BCUT2D eigenvalue weighted by Gasteiger charge is -2.12. The Morgan fingerprint density at radius 1 is 0.889 bits per heavy atom. The van der Waals surface area contributed by atoms with Gasteiger partial charge < -0.3 is 5.73 Å². The second kappa shape index (κ2) is 18.4. The highest BCUT2D eigenvalue weighted by Gasteiger charge is 2.09. The molecule has 198 valence electrons. The minimum Gasteiger partial charge on any atom is -0.399 e. The Balaban J connectivity index is 5.78. The minimum absolute atomic E-state index is 0.550. The number of hydrogen-bond acceptors (Lipinski definition) is 1. The zero-order chi connectivity index (χ0) is 27.7. The first kappa shape index (κ1) is 33.1. The van der Waals surface area contributed by atoms with E-state index in [2.05, 4.69) is 72.1 Å². The van der Waals surface area contributed by atoms with E-state index in [-0.39, 0.29) is 0 Å². The molecule has 1 nitrogen and oxygen atoms in total. The second-order valence-corrected chi connectivity index (χ2v) is 9.75. The van der Waals surface area contributed by atoms with E-state index in [0.717, 1.165) is 53.7 Å². The van der Waals surface area contributed by atoms with Crippen LogP contribution < -0.4 is 5.73 Å². The molecule has 0 amide bonds. The lowest BCUT2D eigenvalue weighted by Crippen LogP contribution is -2.01. The minimum atomic E-state index is -1.02. The average molecular weight is 492 g/mol. The molecule has 1 atom stereocenters. The smallest absolute Gasteiger partial charge is 0.119 e. The van der Waals surface area contributed by atoms with Crippen molar-refractivity contribution in [2.75, 3.05) is 0 Å². The molecule has 0 spiro atoms. The molecular formula is C34H50FN. The van der Waals surface area contributed by atoms with E-state index < -0.39 is 6.17 Å². The number of nitrogens with two attached hydrogens (primary N) is 1. The van der Waals surface area contributed by atoms with E-state index in [9.17, 15) is 4.39 Å². The topological polar surface area (TPSA) is 26.0 Å². The fourth-order valence-electron chi connectivity index (χ4n) is 3.59. The monoisotopic (exact) mass is 491 g/mol. The molecule has 0 aliphatic rings. The van der Waals surface area contributed by atoms with Crippen LogP contribution in [0.15, 0.2) is 118 Å². The van der Waals surface area contributed by atoms with Crippen LogP contribution in [0, 0.1) is 0 Å². The van der Waals surface area contributed by atoms with Gasteiger partial charge in [0.1, 0.15) is 6.17 Å². The Hall–Kier alpha value is -2.87. The highest BCUT2D eigenvalue weighted by atomic mass is 19.1. The van der Waals surface area contributed by atoms with Gasteiger partial charge in [-0.3, -0.25) is 0 Å². The van der Waals surface area contributed by atoms with Crippen molar-refractivity contribution >= 4 is 0 Å². The Labute approximate surface area is 221 Å². The third kappa shape index (κ3) is 14.5. The third-order valence-electron chi connectivity index (χ3n) is 6.18. The first-order valence-corrected chi connectivity index (χ1v) is 13.0. The van der Waals surface area contributed by atoms with Gasteiger partial charge in [0.25, 0.3) is 0 Å². The van der Waals surface area contributed by atoms with Crippen molar-refractivity contribution in [2.45, 2.75) is 93.7 Å². The summed E-state index contributed by atoms with van der Waals surface area (Å²) in [5.74, 6) is 0. The molecule has 2 heteroatoms. The summed E-state index contributed by atoms with van der Waals surface area (Å²) in [4.78, 5) is 0. The van der Waals surface area contributed by atoms with Crippen molar-refractivity contribution < 1.29 is 4.39 Å². The molecule has 0 aliphatic carbocycles. The zero-order valence-corrected chi connectivity index (χ0v) is 24.2. The lowest BCUT2D eigenvalue weighted by molar-refractivity contribution is 0.406. The van der Waals surface area contributed by atoms with Gasteiger partial charge in [-0.25, -0.2) is 4.39 Å². The van der Waals surface area contributed by atoms with Gasteiger partial charge in [0.15, 0.2) is 0 Å². The first-order chi connectivity index (χ1) is 17.0. The van der Waals surface area contributed by atoms with Crippen LogP contribution in [0.3, 0.4) is 0 Å². The van der Waals surface area contributed by atoms with Crippen LogP contribution in [0.1, 0.15) is 87.5 Å². The van der Waals surface area contributed by atoms with Crippen molar-refractivity contribution in [3.63, 3.8) is 0 Å². The van der Waals surface area contributed by atoms with Gasteiger partial charge in [0, 0.05) is 5.70 Å². The summed E-state index contributed by atoms with van der Waals surface area (Å²) in [6.07, 6.45) is 21.1. The van der Waals surface area contributed by atoms with Gasteiger partial charge in [-0.15, -0.1) is 0 Å². The molecule has 0 aromatic heterocycles. The first-order valence-electron chi connectivity index (χ1n) is 13.0. The zero-order valence-electron chi connectivity index (χ0n) is 24.2. The third-order valence-corrected chi connectivity index (χ3v) is 6.18. The van der Waals surface area contributed by atoms with Crippen LogP contribution in [0.5, 0.6) is 0 Å². The molecule has 1 unspecified atom stereocenters. The maximum Gasteiger partial charge on any atom is 0.119 e. The molecule has 0 radical (unpaired) electrons. The van der Waals surface area contributed by atoms with Gasteiger partial charge >= 0.3 is 0 Å². The van der Waals surface area contributed by atoms with Gasteiger partial charge in [-0.1, -0.05) is 96.6 Å². The molecule has 0 aromatic rings. The highest BCUT2D eigenvalue weighted by Crippen LogP contribution is 2.24. The predicted octanol–water partition coefficient (Wildman–Crippen LogP) is 10.5. The summed E-state index contributed by atoms with van der Waals surface area (Å²) >= 11 is 0. The normalized spacial score (nSPS) is 16.6. The fourth-order valence-corrected chi connectivity index (χ4v) is 3.59. The predicted molar refractivity (Wildman–Crippen MR) is 162 cm³/mol. The van der Waals surface area contributed by atoms with E-state index in [0.29, 0.717) is 6.42 Å². The van der Waals surface area contributed by atoms with Crippen molar-refractivity contribution in [1.82, 2.24) is 0 Å². The Bertz CT molecular complexity index is 984. The van der Waals surface area contributed by atoms with Crippen molar-refractivity contribution in [3.8, 4) is 0 Å². The molecule has 36 heavy (non-hydrogen) atoms. The maximum absolute atomic E-state index is 14.5. The second-order valence-electron chi connectivity index (χ2n) is 9.75. The van der Waals surface area contributed by atoms with E-state index >= 15 is 0 Å². The van der Waals surface area contributed by atoms with Crippen molar-refractivity contribution in [2.24, 2.45) is 5.73 Å². The molecule has 0 heterocycles. The SMILES string of the molecule is C=C/C=C(\C=C(/C)C/C(=C/C(N)=C(/C)C/C=C(/C)C=C)CC)C/C(=C/C=C(/C)C/C(C)=C\C)C(C)F. The largest absolute Gasteiger partial charge is 0.399 e. The van der Waals surface area contributed by atoms with Crippen LogP contribution in [0.2, 0.25) is 0 Å². The molecular weight excluding hydrogens is 441 g/mol. The molecule has 0 fully saturated rings. The maximum atomic E-state index is 14.5. The van der Waals surface area contributed by atoms with Crippen LogP contribution in [0.4, 0.5) is 4.39 Å². The summed E-state index contributed by atoms with van der Waals surface area (Å²) in [6, 6.07) is 0. The van der Waals surface area contributed by atoms with Gasteiger partial charge in [-0.05, 0) is 103 Å².